The van der Waals surface area contributed by atoms with E-state index in [9.17, 15) is 13.2 Å². The van der Waals surface area contributed by atoms with Crippen molar-refractivity contribution >= 4 is 0 Å². The van der Waals surface area contributed by atoms with Crippen LogP contribution in [-0.2, 0) is 0 Å². The molecule has 0 rings (SSSR count). The minimum atomic E-state index is -4.23. The number of halogens is 3. The van der Waals surface area contributed by atoms with Gasteiger partial charge in [-0.25, -0.2) is 0 Å². The Bertz CT molecular complexity index is 145. The van der Waals surface area contributed by atoms with Crippen LogP contribution in [0, 0.1) is 18.3 Å². The van der Waals surface area contributed by atoms with E-state index in [0.29, 0.717) is 0 Å². The molecule has 0 aliphatic rings. The normalized spacial score (nSPS) is 14.1. The fourth-order valence-corrected chi connectivity index (χ4v) is 0.695. The molecule has 0 unspecified atom stereocenters. The van der Waals surface area contributed by atoms with E-state index in [2.05, 4.69) is 5.92 Å². The van der Waals surface area contributed by atoms with Crippen LogP contribution in [0.4, 0.5) is 13.2 Å². The summed E-state index contributed by atoms with van der Waals surface area (Å²) in [4.78, 5) is 0. The van der Waals surface area contributed by atoms with Gasteiger partial charge in [0, 0.05) is 25.4 Å². The number of hydrogen-bond acceptors (Lipinski definition) is 1. The molecule has 0 aliphatic heterocycles. The van der Waals surface area contributed by atoms with Gasteiger partial charge in [-0.2, -0.15) is 13.2 Å². The van der Waals surface area contributed by atoms with Gasteiger partial charge in [-0.05, 0) is 0 Å². The van der Waals surface area contributed by atoms with Crippen LogP contribution >= 0.6 is 0 Å². The Morgan fingerprint density at radius 2 is 2.00 bits per heavy atom. The third kappa shape index (κ3) is 5.74. The van der Waals surface area contributed by atoms with Crippen molar-refractivity contribution < 1.29 is 18.3 Å². The summed E-state index contributed by atoms with van der Waals surface area (Å²) in [6, 6.07) is 0. The predicted molar refractivity (Wildman–Crippen MR) is 34.7 cm³/mol. The Morgan fingerprint density at radius 3 is 2.27 bits per heavy atom. The summed E-state index contributed by atoms with van der Waals surface area (Å²) in [5, 5.41) is 8.42. The van der Waals surface area contributed by atoms with Gasteiger partial charge in [-0.15, -0.1) is 12.3 Å². The van der Waals surface area contributed by atoms with Gasteiger partial charge in [0.2, 0.25) is 0 Å². The monoisotopic (exact) mass is 166 g/mol. The van der Waals surface area contributed by atoms with Crippen LogP contribution in [0.5, 0.6) is 0 Å². The van der Waals surface area contributed by atoms with Crippen molar-refractivity contribution in [3.8, 4) is 12.3 Å². The van der Waals surface area contributed by atoms with Gasteiger partial charge < -0.3 is 5.11 Å². The van der Waals surface area contributed by atoms with Crippen molar-refractivity contribution in [3.63, 3.8) is 0 Å². The molecular formula is C7H9F3O. The summed E-state index contributed by atoms with van der Waals surface area (Å²) >= 11 is 0. The lowest BCUT2D eigenvalue weighted by Crippen LogP contribution is -2.17. The summed E-state index contributed by atoms with van der Waals surface area (Å²) in [5.74, 6) is 1.23. The smallest absolute Gasteiger partial charge is 0.389 e. The number of terminal acetylenes is 1. The maximum Gasteiger partial charge on any atom is 0.389 e. The Hall–Kier alpha value is -0.690. The topological polar surface area (TPSA) is 20.2 Å². The maximum absolute atomic E-state index is 11.6. The molecule has 0 fully saturated rings. The molecule has 0 saturated carbocycles. The van der Waals surface area contributed by atoms with E-state index >= 15 is 0 Å². The standard InChI is InChI=1S/C7H9F3O/c1-2-3-6(5-11)4-7(8,9)10/h1,6,11H,3-5H2/t6-/m1/s1. The van der Waals surface area contributed by atoms with Gasteiger partial charge in [-0.3, -0.25) is 0 Å². The molecule has 0 bridgehead atoms. The van der Waals surface area contributed by atoms with E-state index in [1.54, 1.807) is 0 Å². The minimum Gasteiger partial charge on any atom is -0.396 e. The van der Waals surface area contributed by atoms with Gasteiger partial charge in [-0.1, -0.05) is 0 Å². The Morgan fingerprint density at radius 1 is 1.45 bits per heavy atom. The van der Waals surface area contributed by atoms with Crippen LogP contribution in [0.15, 0.2) is 0 Å². The average molecular weight is 166 g/mol. The number of hydrogen-bond donors (Lipinski definition) is 1. The second-order valence-corrected chi connectivity index (χ2v) is 2.28. The second-order valence-electron chi connectivity index (χ2n) is 2.28. The highest BCUT2D eigenvalue weighted by Gasteiger charge is 2.30. The fourth-order valence-electron chi connectivity index (χ4n) is 0.695. The van der Waals surface area contributed by atoms with Gasteiger partial charge in [0.05, 0.1) is 0 Å². The van der Waals surface area contributed by atoms with Crippen molar-refractivity contribution in [3.05, 3.63) is 0 Å². The zero-order chi connectivity index (χ0) is 8.91. The summed E-state index contributed by atoms with van der Waals surface area (Å²) < 4.78 is 34.9. The van der Waals surface area contributed by atoms with Crippen LogP contribution in [-0.4, -0.2) is 17.9 Å². The lowest BCUT2D eigenvalue weighted by Gasteiger charge is -2.12. The summed E-state index contributed by atoms with van der Waals surface area (Å²) in [6.07, 6.45) is -0.475. The first-order valence-corrected chi connectivity index (χ1v) is 3.10. The van der Waals surface area contributed by atoms with Crippen molar-refractivity contribution in [1.29, 1.82) is 0 Å². The average Bonchev–Trinajstić information content (AvgIpc) is 1.84. The molecular weight excluding hydrogens is 157 g/mol. The number of aliphatic hydroxyl groups is 1. The third-order valence-corrected chi connectivity index (χ3v) is 1.18. The van der Waals surface area contributed by atoms with E-state index in [-0.39, 0.29) is 6.42 Å². The lowest BCUT2D eigenvalue weighted by molar-refractivity contribution is -0.146. The largest absolute Gasteiger partial charge is 0.396 e. The van der Waals surface area contributed by atoms with Crippen LogP contribution in [0.3, 0.4) is 0 Å². The molecule has 0 spiro atoms. The lowest BCUT2D eigenvalue weighted by atomic mass is 10.0. The van der Waals surface area contributed by atoms with Crippen LogP contribution in [0.1, 0.15) is 12.8 Å². The van der Waals surface area contributed by atoms with Crippen molar-refractivity contribution in [2.24, 2.45) is 5.92 Å². The quantitative estimate of drug-likeness (QED) is 0.631. The maximum atomic E-state index is 11.6. The first-order chi connectivity index (χ1) is 4.99. The van der Waals surface area contributed by atoms with E-state index in [1.165, 1.54) is 0 Å². The molecule has 4 heteroatoms. The molecule has 0 saturated heterocycles. The van der Waals surface area contributed by atoms with Crippen molar-refractivity contribution in [2.45, 2.75) is 19.0 Å². The molecule has 1 nitrogen and oxygen atoms in total. The molecule has 0 heterocycles. The Kier molecular flexibility index (Phi) is 3.98. The highest BCUT2D eigenvalue weighted by molar-refractivity contribution is 4.87. The molecule has 0 aromatic heterocycles. The second kappa shape index (κ2) is 4.24. The fraction of sp³-hybridized carbons (Fsp3) is 0.714. The molecule has 0 aromatic rings. The van der Waals surface area contributed by atoms with Crippen LogP contribution < -0.4 is 0 Å². The number of alkyl halides is 3. The minimum absolute atomic E-state index is 0.0317. The molecule has 64 valence electrons. The van der Waals surface area contributed by atoms with Gasteiger partial charge >= 0.3 is 6.18 Å². The molecule has 0 aromatic carbocycles. The van der Waals surface area contributed by atoms with Crippen LogP contribution in [0.25, 0.3) is 0 Å². The summed E-state index contributed by atoms with van der Waals surface area (Å²) in [6.45, 7) is -0.510. The van der Waals surface area contributed by atoms with Gasteiger partial charge in [0.15, 0.2) is 0 Å². The SMILES string of the molecule is C#CC[C@@H](CO)CC(F)(F)F. The molecule has 0 radical (unpaired) electrons. The van der Waals surface area contributed by atoms with Gasteiger partial charge in [0.1, 0.15) is 0 Å². The molecule has 1 atom stereocenters. The van der Waals surface area contributed by atoms with Crippen LogP contribution in [0.2, 0.25) is 0 Å². The molecule has 0 aliphatic carbocycles. The van der Waals surface area contributed by atoms with E-state index in [0.717, 1.165) is 0 Å². The zero-order valence-corrected chi connectivity index (χ0v) is 5.86. The third-order valence-electron chi connectivity index (χ3n) is 1.18. The van der Waals surface area contributed by atoms with Crippen molar-refractivity contribution in [2.75, 3.05) is 6.61 Å². The van der Waals surface area contributed by atoms with E-state index in [4.69, 9.17) is 11.5 Å². The Balaban J connectivity index is 3.80. The Labute approximate surface area is 63.2 Å². The number of rotatable bonds is 3. The van der Waals surface area contributed by atoms with E-state index < -0.39 is 25.1 Å². The highest BCUT2D eigenvalue weighted by atomic mass is 19.4. The predicted octanol–water partition coefficient (Wildman–Crippen LogP) is 1.57. The molecule has 1 N–H and O–H groups in total. The van der Waals surface area contributed by atoms with Gasteiger partial charge in [0.25, 0.3) is 0 Å². The summed E-state index contributed by atoms with van der Waals surface area (Å²) in [7, 11) is 0. The zero-order valence-electron chi connectivity index (χ0n) is 5.86. The summed E-state index contributed by atoms with van der Waals surface area (Å²) in [5.41, 5.74) is 0. The number of aliphatic hydroxyl groups excluding tert-OH is 1. The molecule has 11 heavy (non-hydrogen) atoms. The van der Waals surface area contributed by atoms with E-state index in [1.807, 2.05) is 0 Å². The van der Waals surface area contributed by atoms with Crippen molar-refractivity contribution in [1.82, 2.24) is 0 Å². The first-order valence-electron chi connectivity index (χ1n) is 3.10. The first kappa shape index (κ1) is 10.3. The highest BCUT2D eigenvalue weighted by Crippen LogP contribution is 2.25. The molecule has 0 amide bonds.